The molecule has 1 saturated carbocycles. The predicted octanol–water partition coefficient (Wildman–Crippen LogP) is 3.26. The van der Waals surface area contributed by atoms with Crippen molar-refractivity contribution in [2.75, 3.05) is 24.4 Å². The Bertz CT molecular complexity index is 454. The Labute approximate surface area is 120 Å². The number of hydrogen-bond acceptors (Lipinski definition) is 3. The molecule has 1 aliphatic carbocycles. The summed E-state index contributed by atoms with van der Waals surface area (Å²) < 4.78 is 4.78. The van der Waals surface area contributed by atoms with E-state index in [9.17, 15) is 4.79 Å². The average molecular weight is 276 g/mol. The summed E-state index contributed by atoms with van der Waals surface area (Å²) in [6.07, 6.45) is 3.70. The molecule has 1 atom stereocenters. The molecule has 20 heavy (non-hydrogen) atoms. The number of methoxy groups -OCH3 is 1. The summed E-state index contributed by atoms with van der Waals surface area (Å²) in [5, 5.41) is 6.35. The summed E-state index contributed by atoms with van der Waals surface area (Å²) in [4.78, 5) is 11.4. The standard InChI is InChI=1S/C16H24N2O2/c1-16(2)9-8-14(10-16)17-12-4-6-13(7-5-12)18-15(19)11-20-3/h4-7,14,17H,8-11H2,1-3H3,(H,18,19). The predicted molar refractivity (Wildman–Crippen MR) is 82.0 cm³/mol. The zero-order chi connectivity index (χ0) is 14.6. The molecule has 1 aromatic rings. The number of carbonyl (C=O) groups is 1. The SMILES string of the molecule is COCC(=O)Nc1ccc(NC2CCC(C)(C)C2)cc1. The quantitative estimate of drug-likeness (QED) is 0.868. The van der Waals surface area contributed by atoms with Gasteiger partial charge in [0.1, 0.15) is 6.61 Å². The van der Waals surface area contributed by atoms with Crippen LogP contribution < -0.4 is 10.6 Å². The van der Waals surface area contributed by atoms with Crippen LogP contribution >= 0.6 is 0 Å². The van der Waals surface area contributed by atoms with Gasteiger partial charge in [0.15, 0.2) is 0 Å². The van der Waals surface area contributed by atoms with Crippen LogP contribution in [0, 0.1) is 5.41 Å². The van der Waals surface area contributed by atoms with Gasteiger partial charge in [-0.3, -0.25) is 4.79 Å². The van der Waals surface area contributed by atoms with Crippen molar-refractivity contribution < 1.29 is 9.53 Å². The topological polar surface area (TPSA) is 50.4 Å². The summed E-state index contributed by atoms with van der Waals surface area (Å²) in [5.41, 5.74) is 2.35. The number of amides is 1. The van der Waals surface area contributed by atoms with Crippen molar-refractivity contribution in [3.8, 4) is 0 Å². The van der Waals surface area contributed by atoms with E-state index in [0.29, 0.717) is 11.5 Å². The highest BCUT2D eigenvalue weighted by atomic mass is 16.5. The third-order valence-corrected chi connectivity index (χ3v) is 3.78. The summed E-state index contributed by atoms with van der Waals surface area (Å²) in [6, 6.07) is 8.40. The van der Waals surface area contributed by atoms with Gasteiger partial charge >= 0.3 is 0 Å². The molecule has 1 aromatic carbocycles. The highest BCUT2D eigenvalue weighted by molar-refractivity contribution is 5.91. The second-order valence-electron chi connectivity index (χ2n) is 6.31. The zero-order valence-electron chi connectivity index (χ0n) is 12.5. The molecule has 1 fully saturated rings. The first-order chi connectivity index (χ1) is 9.48. The lowest BCUT2D eigenvalue weighted by molar-refractivity contribution is -0.119. The molecule has 0 aromatic heterocycles. The summed E-state index contributed by atoms with van der Waals surface area (Å²) >= 11 is 0. The van der Waals surface area contributed by atoms with E-state index < -0.39 is 0 Å². The Morgan fingerprint density at radius 3 is 2.50 bits per heavy atom. The van der Waals surface area contributed by atoms with Crippen molar-refractivity contribution >= 4 is 17.3 Å². The van der Waals surface area contributed by atoms with Gasteiger partial charge in [-0.1, -0.05) is 13.8 Å². The van der Waals surface area contributed by atoms with Gasteiger partial charge in [-0.05, 0) is 48.9 Å². The maximum absolute atomic E-state index is 11.4. The van der Waals surface area contributed by atoms with Gasteiger partial charge in [0, 0.05) is 24.5 Å². The highest BCUT2D eigenvalue weighted by Gasteiger charge is 2.30. The first-order valence-corrected chi connectivity index (χ1v) is 7.14. The fourth-order valence-corrected chi connectivity index (χ4v) is 2.77. The molecule has 0 aliphatic heterocycles. The number of anilines is 2. The molecular formula is C16H24N2O2. The molecule has 1 unspecified atom stereocenters. The second-order valence-corrected chi connectivity index (χ2v) is 6.31. The Balaban J connectivity index is 1.87. The fraction of sp³-hybridized carbons (Fsp3) is 0.562. The maximum Gasteiger partial charge on any atom is 0.250 e. The van der Waals surface area contributed by atoms with E-state index >= 15 is 0 Å². The van der Waals surface area contributed by atoms with Crippen molar-refractivity contribution in [2.45, 2.75) is 39.2 Å². The summed E-state index contributed by atoms with van der Waals surface area (Å²) in [6.45, 7) is 4.73. The van der Waals surface area contributed by atoms with E-state index in [1.807, 2.05) is 24.3 Å². The van der Waals surface area contributed by atoms with Gasteiger partial charge in [0.25, 0.3) is 0 Å². The zero-order valence-corrected chi connectivity index (χ0v) is 12.5. The Morgan fingerprint density at radius 2 is 1.95 bits per heavy atom. The third-order valence-electron chi connectivity index (χ3n) is 3.78. The molecular weight excluding hydrogens is 252 g/mol. The molecule has 0 heterocycles. The molecule has 2 N–H and O–H groups in total. The monoisotopic (exact) mass is 276 g/mol. The molecule has 4 heteroatoms. The lowest BCUT2D eigenvalue weighted by Gasteiger charge is -2.18. The molecule has 0 saturated heterocycles. The highest BCUT2D eigenvalue weighted by Crippen LogP contribution is 2.38. The van der Waals surface area contributed by atoms with Crippen LogP contribution in [0.5, 0.6) is 0 Å². The fourth-order valence-electron chi connectivity index (χ4n) is 2.77. The normalized spacial score (nSPS) is 20.6. The molecule has 0 bridgehead atoms. The molecule has 0 radical (unpaired) electrons. The van der Waals surface area contributed by atoms with E-state index in [2.05, 4.69) is 24.5 Å². The van der Waals surface area contributed by atoms with E-state index in [-0.39, 0.29) is 12.5 Å². The van der Waals surface area contributed by atoms with Gasteiger partial charge in [-0.25, -0.2) is 0 Å². The number of nitrogens with one attached hydrogen (secondary N) is 2. The van der Waals surface area contributed by atoms with Crippen LogP contribution in [-0.2, 0) is 9.53 Å². The minimum absolute atomic E-state index is 0.0805. The van der Waals surface area contributed by atoms with Crippen molar-refractivity contribution in [3.63, 3.8) is 0 Å². The number of ether oxygens (including phenoxy) is 1. The van der Waals surface area contributed by atoms with Crippen LogP contribution in [0.2, 0.25) is 0 Å². The Kier molecular flexibility index (Phi) is 4.65. The van der Waals surface area contributed by atoms with Crippen LogP contribution in [0.15, 0.2) is 24.3 Å². The average Bonchev–Trinajstić information content (AvgIpc) is 2.71. The number of carbonyl (C=O) groups excluding carboxylic acids is 1. The minimum Gasteiger partial charge on any atom is -0.382 e. The summed E-state index contributed by atoms with van der Waals surface area (Å²) in [7, 11) is 1.51. The van der Waals surface area contributed by atoms with Gasteiger partial charge < -0.3 is 15.4 Å². The van der Waals surface area contributed by atoms with Crippen molar-refractivity contribution in [2.24, 2.45) is 5.41 Å². The van der Waals surface area contributed by atoms with Crippen LogP contribution in [0.1, 0.15) is 33.1 Å². The molecule has 2 rings (SSSR count). The number of rotatable bonds is 5. The lowest BCUT2D eigenvalue weighted by Crippen LogP contribution is -2.18. The van der Waals surface area contributed by atoms with Gasteiger partial charge in [-0.15, -0.1) is 0 Å². The molecule has 110 valence electrons. The smallest absolute Gasteiger partial charge is 0.250 e. The maximum atomic E-state index is 11.4. The number of benzene rings is 1. The van der Waals surface area contributed by atoms with Crippen LogP contribution in [0.25, 0.3) is 0 Å². The summed E-state index contributed by atoms with van der Waals surface area (Å²) in [5.74, 6) is -0.134. The first kappa shape index (κ1) is 14.9. The van der Waals surface area contributed by atoms with Crippen LogP contribution in [0.4, 0.5) is 11.4 Å². The first-order valence-electron chi connectivity index (χ1n) is 7.14. The molecule has 0 spiro atoms. The Morgan fingerprint density at radius 1 is 1.30 bits per heavy atom. The Hall–Kier alpha value is -1.55. The van der Waals surface area contributed by atoms with E-state index in [0.717, 1.165) is 11.4 Å². The molecule has 1 aliphatic rings. The lowest BCUT2D eigenvalue weighted by atomic mass is 9.92. The number of hydrogen-bond donors (Lipinski definition) is 2. The van der Waals surface area contributed by atoms with Gasteiger partial charge in [0.05, 0.1) is 0 Å². The van der Waals surface area contributed by atoms with E-state index in [4.69, 9.17) is 4.74 Å². The minimum atomic E-state index is -0.134. The van der Waals surface area contributed by atoms with Crippen molar-refractivity contribution in [3.05, 3.63) is 24.3 Å². The van der Waals surface area contributed by atoms with Gasteiger partial charge in [0.2, 0.25) is 5.91 Å². The third kappa shape index (κ3) is 4.23. The van der Waals surface area contributed by atoms with Crippen molar-refractivity contribution in [1.29, 1.82) is 0 Å². The molecule has 1 amide bonds. The van der Waals surface area contributed by atoms with Crippen LogP contribution in [-0.4, -0.2) is 25.7 Å². The van der Waals surface area contributed by atoms with E-state index in [1.54, 1.807) is 0 Å². The molecule has 4 nitrogen and oxygen atoms in total. The second kappa shape index (κ2) is 6.27. The van der Waals surface area contributed by atoms with Crippen molar-refractivity contribution in [1.82, 2.24) is 0 Å². The van der Waals surface area contributed by atoms with Gasteiger partial charge in [-0.2, -0.15) is 0 Å². The largest absolute Gasteiger partial charge is 0.382 e. The van der Waals surface area contributed by atoms with Crippen LogP contribution in [0.3, 0.4) is 0 Å². The van der Waals surface area contributed by atoms with E-state index in [1.165, 1.54) is 26.4 Å².